The molecule has 2 aromatic heterocycles. The maximum absolute atomic E-state index is 9.50. The number of nitrogens with zero attached hydrogens (tertiary/aromatic N) is 4. The molecule has 0 saturated heterocycles. The van der Waals surface area contributed by atoms with Crippen LogP contribution >= 0.6 is 0 Å². The standard InChI is InChI=1S/C37H22N4/c38-19-25-15-29(23-40-21-25)27-11-13-33-34-14-12-28(30-16-26(20-39)22-41-24-30)18-36(34)37(35(33)17-27,31-7-3-1-4-8-31)32-9-5-2-6-10-32/h1-18,21-24H. The minimum Gasteiger partial charge on any atom is -0.263 e. The first-order valence-electron chi connectivity index (χ1n) is 13.3. The fraction of sp³-hybridized carbons (Fsp3) is 0.0270. The van der Waals surface area contributed by atoms with E-state index < -0.39 is 5.41 Å². The normalized spacial score (nSPS) is 12.5. The van der Waals surface area contributed by atoms with E-state index in [1.165, 1.54) is 11.1 Å². The molecule has 0 unspecified atom stereocenters. The molecular formula is C37H22N4. The van der Waals surface area contributed by atoms with Gasteiger partial charge >= 0.3 is 0 Å². The van der Waals surface area contributed by atoms with Crippen molar-refractivity contribution in [3.05, 3.63) is 167 Å². The molecule has 0 N–H and O–H groups in total. The van der Waals surface area contributed by atoms with Crippen LogP contribution in [0.3, 0.4) is 0 Å². The fourth-order valence-electron chi connectivity index (χ4n) is 6.17. The summed E-state index contributed by atoms with van der Waals surface area (Å²) in [5, 5.41) is 19.0. The van der Waals surface area contributed by atoms with Crippen molar-refractivity contribution in [1.82, 2.24) is 9.97 Å². The summed E-state index contributed by atoms with van der Waals surface area (Å²) in [6, 6.07) is 42.5. The molecule has 0 saturated carbocycles. The number of nitriles is 2. The lowest BCUT2D eigenvalue weighted by Crippen LogP contribution is -2.28. The third-order valence-corrected chi connectivity index (χ3v) is 7.95. The van der Waals surface area contributed by atoms with Gasteiger partial charge in [-0.3, -0.25) is 9.97 Å². The minimum absolute atomic E-state index is 0.529. The molecule has 190 valence electrons. The first kappa shape index (κ1) is 24.2. The maximum atomic E-state index is 9.50. The summed E-state index contributed by atoms with van der Waals surface area (Å²) in [6.07, 6.45) is 6.79. The number of hydrogen-bond donors (Lipinski definition) is 0. The van der Waals surface area contributed by atoms with Gasteiger partial charge in [0.05, 0.1) is 16.5 Å². The number of hydrogen-bond acceptors (Lipinski definition) is 4. The van der Waals surface area contributed by atoms with E-state index in [0.717, 1.165) is 44.5 Å². The molecule has 7 rings (SSSR count). The number of rotatable bonds is 4. The predicted octanol–water partition coefficient (Wildman–Crippen LogP) is 7.92. The lowest BCUT2D eigenvalue weighted by molar-refractivity contribution is 0.769. The van der Waals surface area contributed by atoms with E-state index in [2.05, 4.69) is 107 Å². The van der Waals surface area contributed by atoms with Crippen LogP contribution in [0.4, 0.5) is 0 Å². The van der Waals surface area contributed by atoms with Crippen molar-refractivity contribution in [2.45, 2.75) is 5.41 Å². The Balaban J connectivity index is 1.56. The maximum Gasteiger partial charge on any atom is 0.101 e. The summed E-state index contributed by atoms with van der Waals surface area (Å²) in [7, 11) is 0. The molecular weight excluding hydrogens is 500 g/mol. The van der Waals surface area contributed by atoms with Crippen LogP contribution in [0.5, 0.6) is 0 Å². The summed E-state index contributed by atoms with van der Waals surface area (Å²) >= 11 is 0. The molecule has 6 aromatic rings. The van der Waals surface area contributed by atoms with Crippen LogP contribution in [0.25, 0.3) is 33.4 Å². The summed E-state index contributed by atoms with van der Waals surface area (Å²) in [5.74, 6) is 0. The molecule has 0 aliphatic heterocycles. The first-order valence-corrected chi connectivity index (χ1v) is 13.3. The Bertz CT molecular complexity index is 1870. The molecule has 0 bridgehead atoms. The number of aromatic nitrogens is 2. The van der Waals surface area contributed by atoms with Crippen LogP contribution in [0, 0.1) is 22.7 Å². The van der Waals surface area contributed by atoms with Crippen molar-refractivity contribution >= 4 is 0 Å². The van der Waals surface area contributed by atoms with E-state index in [0.29, 0.717) is 11.1 Å². The van der Waals surface area contributed by atoms with Crippen LogP contribution in [0.15, 0.2) is 134 Å². The Morgan fingerprint density at radius 3 is 1.32 bits per heavy atom. The largest absolute Gasteiger partial charge is 0.263 e. The average molecular weight is 523 g/mol. The Hall–Kier alpha value is -5.84. The van der Waals surface area contributed by atoms with Gasteiger partial charge in [0.25, 0.3) is 0 Å². The third kappa shape index (κ3) is 3.82. The number of fused-ring (bicyclic) bond motifs is 3. The van der Waals surface area contributed by atoms with Crippen molar-refractivity contribution in [2.24, 2.45) is 0 Å². The SMILES string of the molecule is N#Cc1cncc(-c2ccc3c(c2)C(c2ccccc2)(c2ccccc2)c2cc(-c4cncc(C#N)c4)ccc2-3)c1. The van der Waals surface area contributed by atoms with Gasteiger partial charge < -0.3 is 0 Å². The number of pyridine rings is 2. The van der Waals surface area contributed by atoms with Crippen molar-refractivity contribution in [2.75, 3.05) is 0 Å². The number of benzene rings is 4. The molecule has 4 nitrogen and oxygen atoms in total. The highest BCUT2D eigenvalue weighted by Crippen LogP contribution is 2.57. The highest BCUT2D eigenvalue weighted by molar-refractivity contribution is 5.90. The zero-order valence-corrected chi connectivity index (χ0v) is 22.0. The van der Waals surface area contributed by atoms with Gasteiger partial charge in [-0.05, 0) is 68.8 Å². The summed E-state index contributed by atoms with van der Waals surface area (Å²) in [5.41, 5.74) is 11.3. The van der Waals surface area contributed by atoms with E-state index in [1.807, 2.05) is 36.7 Å². The van der Waals surface area contributed by atoms with Crippen LogP contribution in [-0.4, -0.2) is 9.97 Å². The Labute approximate surface area is 238 Å². The molecule has 0 amide bonds. The van der Waals surface area contributed by atoms with Crippen LogP contribution in [0.1, 0.15) is 33.4 Å². The summed E-state index contributed by atoms with van der Waals surface area (Å²) < 4.78 is 0. The van der Waals surface area contributed by atoms with Gasteiger partial charge in [-0.15, -0.1) is 0 Å². The van der Waals surface area contributed by atoms with Gasteiger partial charge in [0, 0.05) is 35.9 Å². The minimum atomic E-state index is -0.597. The summed E-state index contributed by atoms with van der Waals surface area (Å²) in [6.45, 7) is 0. The Morgan fingerprint density at radius 1 is 0.463 bits per heavy atom. The molecule has 4 heteroatoms. The Morgan fingerprint density at radius 2 is 0.902 bits per heavy atom. The van der Waals surface area contributed by atoms with Crippen molar-refractivity contribution in [1.29, 1.82) is 10.5 Å². The average Bonchev–Trinajstić information content (AvgIpc) is 3.35. The fourth-order valence-corrected chi connectivity index (χ4v) is 6.17. The second kappa shape index (κ2) is 9.72. The summed E-state index contributed by atoms with van der Waals surface area (Å²) in [4.78, 5) is 8.65. The molecule has 4 aromatic carbocycles. The van der Waals surface area contributed by atoms with Gasteiger partial charge in [0.2, 0.25) is 0 Å². The van der Waals surface area contributed by atoms with Gasteiger partial charge in [-0.1, -0.05) is 84.9 Å². The molecule has 0 spiro atoms. The van der Waals surface area contributed by atoms with Crippen molar-refractivity contribution in [3.8, 4) is 45.5 Å². The highest BCUT2D eigenvalue weighted by Gasteiger charge is 2.46. The molecule has 41 heavy (non-hydrogen) atoms. The van der Waals surface area contributed by atoms with E-state index >= 15 is 0 Å². The van der Waals surface area contributed by atoms with Gasteiger partial charge in [-0.2, -0.15) is 10.5 Å². The second-order valence-electron chi connectivity index (χ2n) is 10.2. The quantitative estimate of drug-likeness (QED) is 0.235. The van der Waals surface area contributed by atoms with Crippen molar-refractivity contribution < 1.29 is 0 Å². The first-order chi connectivity index (χ1) is 20.2. The van der Waals surface area contributed by atoms with Gasteiger partial charge in [-0.25, -0.2) is 0 Å². The monoisotopic (exact) mass is 522 g/mol. The lowest BCUT2D eigenvalue weighted by Gasteiger charge is -2.34. The zero-order chi connectivity index (χ0) is 27.8. The molecule has 1 aliphatic carbocycles. The lowest BCUT2D eigenvalue weighted by atomic mass is 9.67. The van der Waals surface area contributed by atoms with Crippen LogP contribution in [-0.2, 0) is 5.41 Å². The van der Waals surface area contributed by atoms with E-state index in [-0.39, 0.29) is 0 Å². The second-order valence-corrected chi connectivity index (χ2v) is 10.2. The van der Waals surface area contributed by atoms with Crippen molar-refractivity contribution in [3.63, 3.8) is 0 Å². The smallest absolute Gasteiger partial charge is 0.101 e. The molecule has 0 fully saturated rings. The van der Waals surface area contributed by atoms with Gasteiger partial charge in [0.1, 0.15) is 12.1 Å². The Kier molecular flexibility index (Phi) is 5.74. The van der Waals surface area contributed by atoms with Crippen LogP contribution < -0.4 is 0 Å². The highest BCUT2D eigenvalue weighted by atomic mass is 14.6. The van der Waals surface area contributed by atoms with Crippen LogP contribution in [0.2, 0.25) is 0 Å². The topological polar surface area (TPSA) is 73.4 Å². The molecule has 0 radical (unpaired) electrons. The predicted molar refractivity (Wildman–Crippen MR) is 160 cm³/mol. The molecule has 0 atom stereocenters. The van der Waals surface area contributed by atoms with Gasteiger partial charge in [0.15, 0.2) is 0 Å². The molecule has 2 heterocycles. The van der Waals surface area contributed by atoms with E-state index in [4.69, 9.17) is 0 Å². The third-order valence-electron chi connectivity index (χ3n) is 7.95. The van der Waals surface area contributed by atoms with E-state index in [1.54, 1.807) is 12.4 Å². The molecule has 1 aliphatic rings. The van der Waals surface area contributed by atoms with E-state index in [9.17, 15) is 10.5 Å². The zero-order valence-electron chi connectivity index (χ0n) is 22.0.